The van der Waals surface area contributed by atoms with E-state index in [9.17, 15) is 0 Å². The molecule has 5 nitrogen and oxygen atoms in total. The van der Waals surface area contributed by atoms with Gasteiger partial charge in [0.15, 0.2) is 30.9 Å². The molecule has 5 aromatic carbocycles. The van der Waals surface area contributed by atoms with Crippen LogP contribution in [-0.4, -0.2) is 0 Å². The van der Waals surface area contributed by atoms with Crippen molar-refractivity contribution in [2.24, 2.45) is 35.2 Å². The van der Waals surface area contributed by atoms with Gasteiger partial charge < -0.3 is 0 Å². The highest BCUT2D eigenvalue weighted by atomic mass is 14.9. The predicted octanol–water partition coefficient (Wildman–Crippen LogP) is 15.8. The van der Waals surface area contributed by atoms with E-state index >= 15 is 0 Å². The van der Waals surface area contributed by atoms with Gasteiger partial charge >= 0.3 is 0 Å². The summed E-state index contributed by atoms with van der Waals surface area (Å²) in [4.78, 5) is 0. The van der Waals surface area contributed by atoms with Gasteiger partial charge in [-0.1, -0.05) is 88.2 Å². The van der Waals surface area contributed by atoms with Crippen LogP contribution in [0.1, 0.15) is 174 Å². The summed E-state index contributed by atoms with van der Waals surface area (Å²) in [7, 11) is 6.37. The van der Waals surface area contributed by atoms with Crippen LogP contribution < -0.4 is 22.8 Å². The molecule has 0 unspecified atom stereocenters. The molecule has 10 aromatic rings. The third-order valence-corrected chi connectivity index (χ3v) is 11.0. The Bertz CT molecular complexity index is 6090. The maximum Gasteiger partial charge on any atom is 0.212 e. The number of rotatable bonds is 5. The molecule has 0 aliphatic rings. The van der Waals surface area contributed by atoms with Crippen molar-refractivity contribution in [3.05, 3.63) is 265 Å². The molecule has 0 radical (unpaired) electrons. The highest BCUT2D eigenvalue weighted by Crippen LogP contribution is 2.26. The standard InChI is InChI=1S/2C16H20N.2C15H18N.C14H16N/c2*1-11-6-7-15(13(3)8-11)16-9-12(2)14(4)10-17(16)5;2*1-11-5-7-14(13(3)9-11)15-8-6-12(2)10-16(15)4;1-11-7-8-13(12(2)10-11)14-6-4-5-9-15(14)3/h2*6-10H,1-5H3;2*5-10H,1-4H3;4-10H,1-3H3/q5*+1/i2*1D3,2D3,4D3,6D,7D,8D,9D,10D;2*1D3,2D3,5D,6D,7D,8D,9D,10D;1D3,4D,5D,6D,7D,8D,9D,10D. The maximum atomic E-state index is 8.48. The summed E-state index contributed by atoms with van der Waals surface area (Å²) in [6.07, 6.45) is -2.93. The first kappa shape index (κ1) is 19.2. The van der Waals surface area contributed by atoms with Crippen molar-refractivity contribution in [2.45, 2.75) is 110 Å². The molecular weight excluding hydrogens is 983 g/mol. The smallest absolute Gasteiger partial charge is 0.201 e. The monoisotopic (exact) mass is 1140 g/mol. The Kier molecular flexibility index (Phi) is 6.61. The van der Waals surface area contributed by atoms with Gasteiger partial charge in [-0.3, -0.25) is 0 Å². The molecule has 5 heterocycles. The van der Waals surface area contributed by atoms with Crippen molar-refractivity contribution in [2.75, 3.05) is 0 Å². The van der Waals surface area contributed by atoms with Gasteiger partial charge in [-0.25, -0.2) is 22.8 Å². The SMILES string of the molecule is [2H]c1c([2H])c(C([2H])([2H])[2H])c([2H])c(C)c1-c1c([2H])c(C([2H])([2H])[2H])c(C([2H])([2H])[2H])c([2H])[n+]1C.[2H]c1c([2H])c(C([2H])([2H])[2H])c([2H])c(C)c1-c1c([2H])c(C([2H])([2H])[2H])c(C([2H])([2H])[2H])c([2H])[n+]1C.[2H]c1c([2H])c(C([2H])([2H])[2H])c([2H])c(C)c1-c1c([2H])c([2H])c(C([2H])([2H])[2H])c([2H])[n+]1C.[2H]c1c([2H])c(C([2H])([2H])[2H])c([2H])c(C)c1-c1c([2H])c([2H])c(C([2H])([2H])[2H])c([2H])[n+]1C.[2H]c1c([2H])c([2H])[n+](C)c(-c2c([2H])c([2H])c(C([2H])([2H])[2H])c([2H])c2C)c1[2H]. The lowest BCUT2D eigenvalue weighted by Crippen LogP contribution is -2.31. The summed E-state index contributed by atoms with van der Waals surface area (Å²) in [6, 6.07) is -14.7. The van der Waals surface area contributed by atoms with Crippen LogP contribution in [0.15, 0.2) is 176 Å². The van der Waals surface area contributed by atoms with E-state index in [-0.39, 0.29) is 90.3 Å². The fourth-order valence-corrected chi connectivity index (χ4v) is 7.18. The maximum absolute atomic E-state index is 8.48. The Balaban J connectivity index is 0.000000274. The number of pyridine rings is 5. The Morgan fingerprint density at radius 2 is 0.531 bits per heavy atom. The average molecular weight is 1140 g/mol. The lowest BCUT2D eigenvalue weighted by atomic mass is 10.0. The Hall–Kier alpha value is -8.15. The molecule has 0 saturated carbocycles. The quantitative estimate of drug-likeness (QED) is 0.153. The fourth-order valence-electron chi connectivity index (χ4n) is 7.18. The molecule has 0 atom stereocenters. The number of benzene rings is 5. The second-order valence-electron chi connectivity index (χ2n) is 17.2. The molecule has 0 spiro atoms. The summed E-state index contributed by atoms with van der Waals surface area (Å²) in [6.45, 7) is -25.1. The topological polar surface area (TPSA) is 19.4 Å². The first-order valence-corrected chi connectivity index (χ1v) is 23.5. The summed E-state index contributed by atoms with van der Waals surface area (Å²) in [5, 5.41) is 0. The second kappa shape index (κ2) is 27.8. The Morgan fingerprint density at radius 3 is 0.840 bits per heavy atom. The zero-order chi connectivity index (χ0) is 112. The van der Waals surface area contributed by atoms with Crippen LogP contribution in [0.5, 0.6) is 0 Å². The van der Waals surface area contributed by atoms with E-state index in [4.69, 9.17) is 85.0 Å². The summed E-state index contributed by atoms with van der Waals surface area (Å²) in [5.41, 5.74) is -9.88. The van der Waals surface area contributed by atoms with Gasteiger partial charge in [0.2, 0.25) is 28.5 Å². The summed E-state index contributed by atoms with van der Waals surface area (Å²) in [5.74, 6) is 0. The van der Waals surface area contributed by atoms with Crippen molar-refractivity contribution in [1.29, 1.82) is 0 Å². The molecule has 81 heavy (non-hydrogen) atoms. The van der Waals surface area contributed by atoms with Crippen LogP contribution in [0.2, 0.25) is 0 Å². The third-order valence-electron chi connectivity index (χ3n) is 11.0. The summed E-state index contributed by atoms with van der Waals surface area (Å²) >= 11 is 0. The summed E-state index contributed by atoms with van der Waals surface area (Å²) < 4.78 is 492. The van der Waals surface area contributed by atoms with E-state index in [1.165, 1.54) is 69.9 Å². The molecule has 0 amide bonds. The molecule has 0 N–H and O–H groups in total. The fraction of sp³-hybridized carbons (Fsp3) is 0.276. The van der Waals surface area contributed by atoms with Crippen LogP contribution in [0.3, 0.4) is 0 Å². The van der Waals surface area contributed by atoms with Gasteiger partial charge in [0.1, 0.15) is 42.1 Å². The first-order valence-electron chi connectivity index (χ1n) is 54.5. The highest BCUT2D eigenvalue weighted by Gasteiger charge is 2.17. The van der Waals surface area contributed by atoms with Gasteiger partial charge in [0.05, 0.1) is 32.9 Å². The van der Waals surface area contributed by atoms with E-state index in [1.807, 2.05) is 0 Å². The number of hydrogen-bond donors (Lipinski definition) is 0. The van der Waals surface area contributed by atoms with Crippen LogP contribution >= 0.6 is 0 Å². The molecule has 10 rings (SSSR count). The van der Waals surface area contributed by atoms with E-state index in [0.29, 0.717) is 0 Å². The molecule has 0 saturated heterocycles. The molecule has 5 aromatic heterocycles. The first-order chi connectivity index (χ1) is 63.9. The molecule has 0 bridgehead atoms. The number of nitrogens with zero attached hydrogens (tertiary/aromatic N) is 5. The van der Waals surface area contributed by atoms with Crippen molar-refractivity contribution in [3.63, 3.8) is 0 Å². The van der Waals surface area contributed by atoms with Crippen molar-refractivity contribution in [1.82, 2.24) is 0 Å². The Labute approximate surface area is 575 Å². The van der Waals surface area contributed by atoms with Crippen LogP contribution in [-0.2, 0) is 35.2 Å². The van der Waals surface area contributed by atoms with Crippen molar-refractivity contribution in [3.8, 4) is 56.3 Å². The molecular formula is C76H92N5+5. The lowest BCUT2D eigenvalue weighted by molar-refractivity contribution is -0.660. The number of aromatic nitrogens is 5. The molecule has 0 aliphatic heterocycles. The number of hydrogen-bond acceptors (Lipinski definition) is 0. The van der Waals surface area contributed by atoms with Crippen LogP contribution in [0.25, 0.3) is 56.3 Å². The Morgan fingerprint density at radius 1 is 0.247 bits per heavy atom. The minimum atomic E-state index is -3.08. The highest BCUT2D eigenvalue weighted by molar-refractivity contribution is 5.65. The van der Waals surface area contributed by atoms with E-state index in [1.54, 1.807) is 0 Å². The molecule has 0 fully saturated rings. The minimum Gasteiger partial charge on any atom is -0.201 e. The lowest BCUT2D eigenvalue weighted by Gasteiger charge is -2.07. The van der Waals surface area contributed by atoms with Gasteiger partial charge in [-0.2, -0.15) is 0 Å². The predicted molar refractivity (Wildman–Crippen MR) is 341 cm³/mol. The van der Waals surface area contributed by atoms with E-state index in [0.717, 1.165) is 22.8 Å². The van der Waals surface area contributed by atoms with Gasteiger partial charge in [0, 0.05) is 132 Å². The zero-order valence-corrected chi connectivity index (χ0v) is 45.2. The van der Waals surface area contributed by atoms with Gasteiger partial charge in [0.25, 0.3) is 0 Å². The third kappa shape index (κ3) is 16.5. The van der Waals surface area contributed by atoms with Gasteiger partial charge in [-0.15, -0.1) is 0 Å². The van der Waals surface area contributed by atoms with Gasteiger partial charge in [-0.05, 0) is 197 Å². The molecule has 416 valence electrons. The molecule has 5 heteroatoms. The van der Waals surface area contributed by atoms with E-state index in [2.05, 4.69) is 0 Å². The zero-order valence-electron chi connectivity index (χ0n) is 107. The van der Waals surface area contributed by atoms with Crippen LogP contribution in [0.4, 0.5) is 0 Å². The van der Waals surface area contributed by atoms with E-state index < -0.39 is 306 Å². The normalized spacial score (nSPS) is 23.3. The second-order valence-corrected chi connectivity index (χ2v) is 17.2. The largest absolute Gasteiger partial charge is 0.212 e. The minimum absolute atomic E-state index is 0.00309. The van der Waals surface area contributed by atoms with Crippen LogP contribution in [0, 0.1) is 110 Å². The van der Waals surface area contributed by atoms with Crippen molar-refractivity contribution >= 4 is 0 Å². The molecule has 0 aliphatic carbocycles. The average Bonchev–Trinajstić information content (AvgIpc) is 0.744. The van der Waals surface area contributed by atoms with Crippen molar-refractivity contribution < 1.29 is 108 Å².